The lowest BCUT2D eigenvalue weighted by Crippen LogP contribution is -2.21. The van der Waals surface area contributed by atoms with Gasteiger partial charge >= 0.3 is 5.97 Å². The van der Waals surface area contributed by atoms with Crippen LogP contribution in [0.4, 0.5) is 5.69 Å². The number of carboxylic acid groups (broad SMARTS) is 1. The van der Waals surface area contributed by atoms with E-state index >= 15 is 0 Å². The highest BCUT2D eigenvalue weighted by molar-refractivity contribution is 9.10. The van der Waals surface area contributed by atoms with Crippen LogP contribution in [0.2, 0.25) is 0 Å². The molecule has 0 aromatic heterocycles. The Morgan fingerprint density at radius 1 is 1.15 bits per heavy atom. The maximum absolute atomic E-state index is 11.5. The summed E-state index contributed by atoms with van der Waals surface area (Å²) in [5.74, 6) is -0.906. The fraction of sp³-hybridized carbons (Fsp3) is 0.188. The average molecular weight is 334 g/mol. The van der Waals surface area contributed by atoms with Gasteiger partial charge in [-0.15, -0.1) is 0 Å². The number of rotatable bonds is 4. The molecule has 0 heterocycles. The van der Waals surface area contributed by atoms with Gasteiger partial charge in [-0.1, -0.05) is 40.2 Å². The van der Waals surface area contributed by atoms with Crippen molar-refractivity contribution < 1.29 is 9.90 Å². The molecule has 0 bridgehead atoms. The zero-order chi connectivity index (χ0) is 14.7. The number of anilines is 1. The van der Waals surface area contributed by atoms with Crippen LogP contribution >= 0.6 is 15.9 Å². The number of hydrogen-bond acceptors (Lipinski definition) is 2. The van der Waals surface area contributed by atoms with Gasteiger partial charge < -0.3 is 10.4 Å². The lowest BCUT2D eigenvalue weighted by molar-refractivity contribution is -0.138. The lowest BCUT2D eigenvalue weighted by atomic mass is 10.0. The molecule has 20 heavy (non-hydrogen) atoms. The summed E-state index contributed by atoms with van der Waals surface area (Å²) in [6, 6.07) is 12.6. The van der Waals surface area contributed by atoms with Gasteiger partial charge in [-0.2, -0.15) is 0 Å². The molecule has 0 radical (unpaired) electrons. The van der Waals surface area contributed by atoms with Crippen molar-refractivity contribution in [1.82, 2.24) is 0 Å². The fourth-order valence-electron chi connectivity index (χ4n) is 2.04. The first-order valence-electron chi connectivity index (χ1n) is 6.29. The number of benzene rings is 2. The van der Waals surface area contributed by atoms with Gasteiger partial charge in [-0.3, -0.25) is 0 Å². The SMILES string of the molecule is Cc1cccc(NC(C(=O)O)c2ccc(C)cc2Br)c1. The molecule has 2 rings (SSSR count). The quantitative estimate of drug-likeness (QED) is 0.876. The summed E-state index contributed by atoms with van der Waals surface area (Å²) in [6.45, 7) is 3.95. The highest BCUT2D eigenvalue weighted by Gasteiger charge is 2.22. The Balaban J connectivity index is 2.34. The predicted octanol–water partition coefficient (Wildman–Crippen LogP) is 4.30. The summed E-state index contributed by atoms with van der Waals surface area (Å²) in [6.07, 6.45) is 0. The highest BCUT2D eigenvalue weighted by Crippen LogP contribution is 2.28. The maximum Gasteiger partial charge on any atom is 0.330 e. The number of carboxylic acids is 1. The Bertz CT molecular complexity index is 640. The Morgan fingerprint density at radius 2 is 1.85 bits per heavy atom. The van der Waals surface area contributed by atoms with Crippen LogP contribution in [0.15, 0.2) is 46.9 Å². The summed E-state index contributed by atoms with van der Waals surface area (Å²) in [4.78, 5) is 11.5. The van der Waals surface area contributed by atoms with Crippen molar-refractivity contribution >= 4 is 27.6 Å². The molecule has 0 aliphatic carbocycles. The van der Waals surface area contributed by atoms with E-state index in [0.717, 1.165) is 21.3 Å². The lowest BCUT2D eigenvalue weighted by Gasteiger charge is -2.18. The first kappa shape index (κ1) is 14.6. The van der Waals surface area contributed by atoms with Gasteiger partial charge in [0.2, 0.25) is 0 Å². The first-order chi connectivity index (χ1) is 9.47. The van der Waals surface area contributed by atoms with Gasteiger partial charge in [0.15, 0.2) is 6.04 Å². The second-order valence-corrected chi connectivity index (χ2v) is 5.66. The molecule has 104 valence electrons. The molecular weight excluding hydrogens is 318 g/mol. The van der Waals surface area contributed by atoms with E-state index in [1.54, 1.807) is 0 Å². The van der Waals surface area contributed by atoms with Crippen molar-refractivity contribution in [2.75, 3.05) is 5.32 Å². The normalized spacial score (nSPS) is 11.9. The molecule has 1 unspecified atom stereocenters. The minimum atomic E-state index is -0.906. The molecule has 2 aromatic carbocycles. The van der Waals surface area contributed by atoms with Crippen molar-refractivity contribution in [2.45, 2.75) is 19.9 Å². The highest BCUT2D eigenvalue weighted by atomic mass is 79.9. The van der Waals surface area contributed by atoms with E-state index < -0.39 is 12.0 Å². The number of aliphatic carboxylic acids is 1. The summed E-state index contributed by atoms with van der Waals surface area (Å²) < 4.78 is 0.796. The summed E-state index contributed by atoms with van der Waals surface area (Å²) in [5, 5.41) is 12.5. The van der Waals surface area contributed by atoms with Crippen molar-refractivity contribution in [2.24, 2.45) is 0 Å². The number of halogens is 1. The minimum absolute atomic E-state index is 0.713. The van der Waals surface area contributed by atoms with Crippen molar-refractivity contribution in [3.8, 4) is 0 Å². The van der Waals surface area contributed by atoms with E-state index in [0.29, 0.717) is 5.56 Å². The Morgan fingerprint density at radius 3 is 2.45 bits per heavy atom. The van der Waals surface area contributed by atoms with Crippen molar-refractivity contribution in [3.05, 3.63) is 63.6 Å². The Hall–Kier alpha value is -1.81. The summed E-state index contributed by atoms with van der Waals surface area (Å²) in [5.41, 5.74) is 3.68. The largest absolute Gasteiger partial charge is 0.479 e. The van der Waals surface area contributed by atoms with Gasteiger partial charge in [-0.05, 0) is 48.7 Å². The van der Waals surface area contributed by atoms with Crippen LogP contribution in [-0.2, 0) is 4.79 Å². The second kappa shape index (κ2) is 6.09. The van der Waals surface area contributed by atoms with E-state index in [1.807, 2.05) is 56.3 Å². The summed E-state index contributed by atoms with van der Waals surface area (Å²) in [7, 11) is 0. The topological polar surface area (TPSA) is 49.3 Å². The molecule has 0 fully saturated rings. The predicted molar refractivity (Wildman–Crippen MR) is 84.1 cm³/mol. The second-order valence-electron chi connectivity index (χ2n) is 4.81. The third-order valence-corrected chi connectivity index (χ3v) is 3.73. The van der Waals surface area contributed by atoms with Crippen LogP contribution in [0.1, 0.15) is 22.7 Å². The van der Waals surface area contributed by atoms with Crippen LogP contribution < -0.4 is 5.32 Å². The molecule has 2 aromatic rings. The molecule has 4 heteroatoms. The molecule has 0 spiro atoms. The fourth-order valence-corrected chi connectivity index (χ4v) is 2.76. The van der Waals surface area contributed by atoms with Gasteiger partial charge in [-0.25, -0.2) is 4.79 Å². The molecule has 0 amide bonds. The van der Waals surface area contributed by atoms with E-state index in [9.17, 15) is 9.90 Å². The van der Waals surface area contributed by atoms with Crippen LogP contribution in [0.3, 0.4) is 0 Å². The molecule has 0 aliphatic heterocycles. The zero-order valence-electron chi connectivity index (χ0n) is 11.4. The van der Waals surface area contributed by atoms with E-state index in [1.165, 1.54) is 0 Å². The molecule has 1 atom stereocenters. The zero-order valence-corrected chi connectivity index (χ0v) is 12.9. The Labute approximate surface area is 126 Å². The third-order valence-electron chi connectivity index (χ3n) is 3.04. The third kappa shape index (κ3) is 3.39. The first-order valence-corrected chi connectivity index (χ1v) is 7.09. The van der Waals surface area contributed by atoms with Crippen LogP contribution in [0.25, 0.3) is 0 Å². The maximum atomic E-state index is 11.5. The van der Waals surface area contributed by atoms with Gasteiger partial charge in [0, 0.05) is 10.2 Å². The number of nitrogens with one attached hydrogen (secondary N) is 1. The number of aryl methyl sites for hydroxylation is 2. The van der Waals surface area contributed by atoms with E-state index in [-0.39, 0.29) is 0 Å². The minimum Gasteiger partial charge on any atom is -0.479 e. The molecule has 0 saturated carbocycles. The molecule has 2 N–H and O–H groups in total. The summed E-state index contributed by atoms with van der Waals surface area (Å²) >= 11 is 3.44. The number of hydrogen-bond donors (Lipinski definition) is 2. The van der Waals surface area contributed by atoms with Crippen molar-refractivity contribution in [3.63, 3.8) is 0 Å². The standard InChI is InChI=1S/C16H16BrNO2/c1-10-4-3-5-12(8-10)18-15(16(19)20)13-7-6-11(2)9-14(13)17/h3-9,15,18H,1-2H3,(H,19,20). The van der Waals surface area contributed by atoms with Crippen LogP contribution in [-0.4, -0.2) is 11.1 Å². The monoisotopic (exact) mass is 333 g/mol. The van der Waals surface area contributed by atoms with Crippen LogP contribution in [0.5, 0.6) is 0 Å². The van der Waals surface area contributed by atoms with Crippen molar-refractivity contribution in [1.29, 1.82) is 0 Å². The molecule has 0 aliphatic rings. The van der Waals surface area contributed by atoms with Gasteiger partial charge in [0.05, 0.1) is 0 Å². The smallest absolute Gasteiger partial charge is 0.330 e. The van der Waals surface area contributed by atoms with Gasteiger partial charge in [0.25, 0.3) is 0 Å². The van der Waals surface area contributed by atoms with E-state index in [4.69, 9.17) is 0 Å². The average Bonchev–Trinajstić information content (AvgIpc) is 2.36. The Kier molecular flexibility index (Phi) is 4.45. The molecule has 3 nitrogen and oxygen atoms in total. The van der Waals surface area contributed by atoms with Crippen LogP contribution in [0, 0.1) is 13.8 Å². The van der Waals surface area contributed by atoms with E-state index in [2.05, 4.69) is 21.2 Å². The molecule has 0 saturated heterocycles. The van der Waals surface area contributed by atoms with Gasteiger partial charge in [0.1, 0.15) is 0 Å². The molecular formula is C16H16BrNO2. The number of carbonyl (C=O) groups is 1.